The molecule has 0 saturated carbocycles. The van der Waals surface area contributed by atoms with E-state index in [1.807, 2.05) is 0 Å². The van der Waals surface area contributed by atoms with Crippen LogP contribution in [0, 0.1) is 5.92 Å². The number of hydrogen-bond donors (Lipinski definition) is 1. The van der Waals surface area contributed by atoms with Crippen molar-refractivity contribution in [3.05, 3.63) is 51.9 Å². The number of amides is 2. The van der Waals surface area contributed by atoms with Gasteiger partial charge in [0, 0.05) is 31.9 Å². The molecule has 0 spiro atoms. The van der Waals surface area contributed by atoms with Gasteiger partial charge in [-0.25, -0.2) is 0 Å². The molecule has 0 radical (unpaired) electrons. The van der Waals surface area contributed by atoms with Gasteiger partial charge < -0.3 is 24.3 Å². The van der Waals surface area contributed by atoms with Crippen LogP contribution in [0.25, 0.3) is 0 Å². The first kappa shape index (κ1) is 19.0. The molecule has 1 N–H and O–H groups in total. The van der Waals surface area contributed by atoms with Crippen LogP contribution in [0.3, 0.4) is 0 Å². The van der Waals surface area contributed by atoms with Crippen molar-refractivity contribution in [1.82, 2.24) is 9.47 Å². The molecule has 2 aromatic rings. The number of rotatable bonds is 3. The van der Waals surface area contributed by atoms with Gasteiger partial charge >= 0.3 is 0 Å². The van der Waals surface area contributed by atoms with Crippen LogP contribution in [-0.2, 0) is 7.05 Å². The van der Waals surface area contributed by atoms with Gasteiger partial charge in [0.1, 0.15) is 5.69 Å². The van der Waals surface area contributed by atoms with Crippen molar-refractivity contribution in [2.75, 3.05) is 25.2 Å². The number of fused-ring (bicyclic) bond motifs is 1. The minimum atomic E-state index is -0.461. The lowest BCUT2D eigenvalue weighted by Crippen LogP contribution is -2.38. The molecule has 3 heterocycles. The normalized spacial score (nSPS) is 16.0. The largest absolute Gasteiger partial charge is 0.454 e. The van der Waals surface area contributed by atoms with Crippen molar-refractivity contribution in [3.8, 4) is 11.5 Å². The number of piperidine rings is 1. The van der Waals surface area contributed by atoms with Crippen LogP contribution in [0.15, 0.2) is 35.3 Å². The van der Waals surface area contributed by atoms with Crippen LogP contribution < -0.4 is 20.3 Å². The van der Waals surface area contributed by atoms with Crippen molar-refractivity contribution < 1.29 is 19.1 Å². The van der Waals surface area contributed by atoms with E-state index in [2.05, 4.69) is 12.2 Å². The van der Waals surface area contributed by atoms with E-state index < -0.39 is 5.91 Å². The maximum absolute atomic E-state index is 12.9. The molecule has 1 saturated heterocycles. The minimum absolute atomic E-state index is 0.0615. The maximum atomic E-state index is 12.9. The van der Waals surface area contributed by atoms with E-state index in [0.717, 1.165) is 12.8 Å². The molecule has 2 aliphatic rings. The molecule has 1 aromatic carbocycles. The lowest BCUT2D eigenvalue weighted by molar-refractivity contribution is 0.0696. The highest BCUT2D eigenvalue weighted by Gasteiger charge is 2.23. The van der Waals surface area contributed by atoms with Gasteiger partial charge in [0.25, 0.3) is 17.4 Å². The van der Waals surface area contributed by atoms with Crippen molar-refractivity contribution in [2.24, 2.45) is 13.0 Å². The fourth-order valence-electron chi connectivity index (χ4n) is 3.54. The van der Waals surface area contributed by atoms with Gasteiger partial charge in [0.2, 0.25) is 6.79 Å². The molecule has 0 aliphatic carbocycles. The maximum Gasteiger partial charge on any atom is 0.274 e. The zero-order valence-electron chi connectivity index (χ0n) is 16.4. The Bertz CT molecular complexity index is 1020. The summed E-state index contributed by atoms with van der Waals surface area (Å²) in [6, 6.07) is 6.25. The molecule has 1 fully saturated rings. The molecular formula is C21H23N3O5. The Labute approximate surface area is 168 Å². The fraction of sp³-hybridized carbons (Fsp3) is 0.381. The van der Waals surface area contributed by atoms with Crippen molar-refractivity contribution in [3.63, 3.8) is 0 Å². The second-order valence-electron chi connectivity index (χ2n) is 7.56. The first-order valence-corrected chi connectivity index (χ1v) is 9.63. The van der Waals surface area contributed by atoms with Gasteiger partial charge in [0.15, 0.2) is 11.5 Å². The Morgan fingerprint density at radius 3 is 2.55 bits per heavy atom. The monoisotopic (exact) mass is 397 g/mol. The van der Waals surface area contributed by atoms with Crippen molar-refractivity contribution in [1.29, 1.82) is 0 Å². The Morgan fingerprint density at radius 1 is 1.07 bits per heavy atom. The fourth-order valence-corrected chi connectivity index (χ4v) is 3.54. The Morgan fingerprint density at radius 2 is 1.79 bits per heavy atom. The molecule has 8 nitrogen and oxygen atoms in total. The Balaban J connectivity index is 1.56. The molecule has 2 amide bonds. The molecule has 2 aliphatic heterocycles. The number of carbonyl (C=O) groups is 2. The number of hydrogen-bond acceptors (Lipinski definition) is 5. The standard InChI is InChI=1S/C21H23N3O5/c1-13-5-7-24(8-6-13)20(26)15-9-16(21(27)23(2)11-15)22-19(25)14-3-4-17-18(10-14)29-12-28-17/h3-4,9-11,13H,5-8,12H2,1-2H3,(H,22,25). The molecular weight excluding hydrogens is 374 g/mol. The number of ether oxygens (including phenoxy) is 2. The summed E-state index contributed by atoms with van der Waals surface area (Å²) in [5, 5.41) is 2.62. The van der Waals surface area contributed by atoms with Crippen molar-refractivity contribution >= 4 is 17.5 Å². The zero-order valence-corrected chi connectivity index (χ0v) is 16.4. The van der Waals surface area contributed by atoms with Crippen LogP contribution in [0.4, 0.5) is 5.69 Å². The lowest BCUT2D eigenvalue weighted by atomic mass is 9.99. The highest BCUT2D eigenvalue weighted by molar-refractivity contribution is 6.05. The first-order valence-electron chi connectivity index (χ1n) is 9.63. The summed E-state index contributed by atoms with van der Waals surface area (Å²) < 4.78 is 11.8. The predicted octanol–water partition coefficient (Wildman–Crippen LogP) is 2.24. The quantitative estimate of drug-likeness (QED) is 0.858. The van der Waals surface area contributed by atoms with Gasteiger partial charge in [-0.2, -0.15) is 0 Å². The number of anilines is 1. The van der Waals surface area contributed by atoms with Crippen LogP contribution in [-0.4, -0.2) is 41.2 Å². The first-order chi connectivity index (χ1) is 13.9. The third-order valence-electron chi connectivity index (χ3n) is 5.38. The van der Waals surface area contributed by atoms with Gasteiger partial charge in [-0.05, 0) is 43.0 Å². The molecule has 1 aromatic heterocycles. The van der Waals surface area contributed by atoms with E-state index in [1.54, 1.807) is 30.1 Å². The molecule has 0 unspecified atom stereocenters. The van der Waals surface area contributed by atoms with Gasteiger partial charge in [-0.3, -0.25) is 14.4 Å². The van der Waals surface area contributed by atoms with Gasteiger partial charge in [0.05, 0.1) is 5.56 Å². The summed E-state index contributed by atoms with van der Waals surface area (Å²) in [5.74, 6) is 1.06. The average molecular weight is 397 g/mol. The summed E-state index contributed by atoms with van der Waals surface area (Å²) in [4.78, 5) is 39.8. The number of aromatic nitrogens is 1. The number of benzene rings is 1. The van der Waals surface area contributed by atoms with Gasteiger partial charge in [-0.15, -0.1) is 0 Å². The minimum Gasteiger partial charge on any atom is -0.454 e. The van der Waals surface area contributed by atoms with Crippen LogP contribution in [0.2, 0.25) is 0 Å². The van der Waals surface area contributed by atoms with E-state index in [4.69, 9.17) is 9.47 Å². The van der Waals surface area contributed by atoms with Crippen LogP contribution in [0.1, 0.15) is 40.5 Å². The molecule has 8 heteroatoms. The number of aryl methyl sites for hydroxylation is 1. The lowest BCUT2D eigenvalue weighted by Gasteiger charge is -2.30. The number of nitrogens with zero attached hydrogens (tertiary/aromatic N) is 2. The SMILES string of the molecule is CC1CCN(C(=O)c2cc(NC(=O)c3ccc4c(c3)OCO4)c(=O)n(C)c2)CC1. The Kier molecular flexibility index (Phi) is 5.00. The number of carbonyl (C=O) groups excluding carboxylic acids is 2. The van der Waals surface area contributed by atoms with E-state index in [0.29, 0.717) is 41.6 Å². The summed E-state index contributed by atoms with van der Waals surface area (Å²) in [5.41, 5.74) is 0.384. The molecule has 152 valence electrons. The second-order valence-corrected chi connectivity index (χ2v) is 7.56. The van der Waals surface area contributed by atoms with E-state index in [9.17, 15) is 14.4 Å². The summed E-state index contributed by atoms with van der Waals surface area (Å²) in [6.45, 7) is 3.68. The van der Waals surface area contributed by atoms with Crippen molar-refractivity contribution in [2.45, 2.75) is 19.8 Å². The number of nitrogens with one attached hydrogen (secondary N) is 1. The van der Waals surface area contributed by atoms with Crippen LogP contribution in [0.5, 0.6) is 11.5 Å². The van der Waals surface area contributed by atoms with Gasteiger partial charge in [-0.1, -0.05) is 6.92 Å². The van der Waals surface area contributed by atoms with Crippen LogP contribution >= 0.6 is 0 Å². The molecule has 0 bridgehead atoms. The summed E-state index contributed by atoms with van der Waals surface area (Å²) in [7, 11) is 1.56. The zero-order chi connectivity index (χ0) is 20.5. The third-order valence-corrected chi connectivity index (χ3v) is 5.38. The second kappa shape index (κ2) is 7.62. The summed E-state index contributed by atoms with van der Waals surface area (Å²) >= 11 is 0. The number of pyridine rings is 1. The number of likely N-dealkylation sites (tertiary alicyclic amines) is 1. The third kappa shape index (κ3) is 3.83. The Hall–Kier alpha value is -3.29. The topological polar surface area (TPSA) is 89.9 Å². The highest BCUT2D eigenvalue weighted by atomic mass is 16.7. The molecule has 4 rings (SSSR count). The molecule has 29 heavy (non-hydrogen) atoms. The summed E-state index contributed by atoms with van der Waals surface area (Å²) in [6.07, 6.45) is 3.44. The highest BCUT2D eigenvalue weighted by Crippen LogP contribution is 2.32. The molecule has 0 atom stereocenters. The van der Waals surface area contributed by atoms with E-state index in [-0.39, 0.29) is 23.9 Å². The predicted molar refractivity (Wildman–Crippen MR) is 107 cm³/mol. The van der Waals surface area contributed by atoms with E-state index >= 15 is 0 Å². The smallest absolute Gasteiger partial charge is 0.274 e. The average Bonchev–Trinajstić information content (AvgIpc) is 3.19. The van der Waals surface area contributed by atoms with E-state index in [1.165, 1.54) is 16.8 Å².